The summed E-state index contributed by atoms with van der Waals surface area (Å²) in [6.07, 6.45) is 2.12. The smallest absolute Gasteiger partial charge is 0.256 e. The number of nitrogens with zero attached hydrogens (tertiary/aromatic N) is 2. The highest BCUT2D eigenvalue weighted by atomic mass is 35.5. The molecule has 1 fully saturated rings. The minimum absolute atomic E-state index is 0.0450. The fourth-order valence-corrected chi connectivity index (χ4v) is 2.94. The second kappa shape index (κ2) is 6.10. The second-order valence-electron chi connectivity index (χ2n) is 5.35. The standard InChI is InChI=1S/C14H18Cl2N2O/c1-9(2)10-5-7-18(8-6-10)14(19)11-3-4-12(15)17-13(11)16/h3-4,9-10H,5-8H2,1-2H3. The van der Waals surface area contributed by atoms with Gasteiger partial charge in [-0.1, -0.05) is 37.0 Å². The van der Waals surface area contributed by atoms with E-state index in [0.29, 0.717) is 22.6 Å². The van der Waals surface area contributed by atoms with Crippen molar-refractivity contribution in [2.45, 2.75) is 26.7 Å². The summed E-state index contributed by atoms with van der Waals surface area (Å²) >= 11 is 11.7. The maximum atomic E-state index is 12.4. The third-order valence-electron chi connectivity index (χ3n) is 3.81. The van der Waals surface area contributed by atoms with Crippen LogP contribution in [0, 0.1) is 11.8 Å². The van der Waals surface area contributed by atoms with E-state index < -0.39 is 0 Å². The summed E-state index contributed by atoms with van der Waals surface area (Å²) in [5.41, 5.74) is 0.439. The quantitative estimate of drug-likeness (QED) is 0.776. The first-order chi connectivity index (χ1) is 8.99. The van der Waals surface area contributed by atoms with Gasteiger partial charge in [0.05, 0.1) is 5.56 Å². The molecule has 0 aliphatic carbocycles. The van der Waals surface area contributed by atoms with Gasteiger partial charge in [0.15, 0.2) is 0 Å². The number of likely N-dealkylation sites (tertiary alicyclic amines) is 1. The molecular formula is C14H18Cl2N2O. The summed E-state index contributed by atoms with van der Waals surface area (Å²) in [6, 6.07) is 3.25. The highest BCUT2D eigenvalue weighted by Gasteiger charge is 2.26. The van der Waals surface area contributed by atoms with Gasteiger partial charge in [-0.15, -0.1) is 0 Å². The Labute approximate surface area is 123 Å². The highest BCUT2D eigenvalue weighted by Crippen LogP contribution is 2.26. The van der Waals surface area contributed by atoms with E-state index >= 15 is 0 Å². The lowest BCUT2D eigenvalue weighted by molar-refractivity contribution is 0.0667. The van der Waals surface area contributed by atoms with Crippen LogP contribution in [-0.2, 0) is 0 Å². The predicted molar refractivity (Wildman–Crippen MR) is 77.7 cm³/mol. The number of rotatable bonds is 2. The molecular weight excluding hydrogens is 283 g/mol. The summed E-state index contributed by atoms with van der Waals surface area (Å²) in [4.78, 5) is 18.1. The first-order valence-electron chi connectivity index (χ1n) is 6.60. The van der Waals surface area contributed by atoms with Crippen molar-refractivity contribution in [3.63, 3.8) is 0 Å². The maximum Gasteiger partial charge on any atom is 0.256 e. The largest absolute Gasteiger partial charge is 0.339 e. The van der Waals surface area contributed by atoms with Crippen LogP contribution in [0.4, 0.5) is 0 Å². The van der Waals surface area contributed by atoms with E-state index in [9.17, 15) is 4.79 Å². The zero-order valence-corrected chi connectivity index (χ0v) is 12.7. The van der Waals surface area contributed by atoms with Gasteiger partial charge in [0.2, 0.25) is 0 Å². The van der Waals surface area contributed by atoms with Crippen molar-refractivity contribution >= 4 is 29.1 Å². The molecule has 3 nitrogen and oxygen atoms in total. The summed E-state index contributed by atoms with van der Waals surface area (Å²) in [5, 5.41) is 0.489. The van der Waals surface area contributed by atoms with Crippen molar-refractivity contribution in [1.82, 2.24) is 9.88 Å². The molecule has 1 aromatic rings. The van der Waals surface area contributed by atoms with Gasteiger partial charge in [0.25, 0.3) is 5.91 Å². The number of hydrogen-bond donors (Lipinski definition) is 0. The number of pyridine rings is 1. The SMILES string of the molecule is CC(C)C1CCN(C(=O)c2ccc(Cl)nc2Cl)CC1. The summed E-state index contributed by atoms with van der Waals surface area (Å²) in [7, 11) is 0. The molecule has 0 N–H and O–H groups in total. The molecule has 5 heteroatoms. The van der Waals surface area contributed by atoms with Crippen molar-refractivity contribution < 1.29 is 4.79 Å². The van der Waals surface area contributed by atoms with Crippen LogP contribution in [0.15, 0.2) is 12.1 Å². The molecule has 1 aromatic heterocycles. The van der Waals surface area contributed by atoms with Gasteiger partial charge >= 0.3 is 0 Å². The van der Waals surface area contributed by atoms with Crippen LogP contribution in [-0.4, -0.2) is 28.9 Å². The molecule has 104 valence electrons. The Hall–Kier alpha value is -0.800. The Bertz CT molecular complexity index is 469. The van der Waals surface area contributed by atoms with Gasteiger partial charge in [-0.3, -0.25) is 4.79 Å². The minimum atomic E-state index is -0.0450. The predicted octanol–water partition coefficient (Wildman–Crippen LogP) is 3.90. The van der Waals surface area contributed by atoms with E-state index in [1.165, 1.54) is 0 Å². The average molecular weight is 301 g/mol. The molecule has 1 amide bonds. The van der Waals surface area contributed by atoms with Crippen LogP contribution in [0.1, 0.15) is 37.0 Å². The molecule has 1 aliphatic rings. The molecule has 0 unspecified atom stereocenters. The van der Waals surface area contributed by atoms with E-state index in [-0.39, 0.29) is 11.1 Å². The highest BCUT2D eigenvalue weighted by molar-refractivity contribution is 6.34. The van der Waals surface area contributed by atoms with Crippen molar-refractivity contribution in [2.24, 2.45) is 11.8 Å². The first kappa shape index (κ1) is 14.6. The maximum absolute atomic E-state index is 12.4. The van der Waals surface area contributed by atoms with Crippen LogP contribution < -0.4 is 0 Å². The first-order valence-corrected chi connectivity index (χ1v) is 7.36. The lowest BCUT2D eigenvalue weighted by Crippen LogP contribution is -2.39. The second-order valence-corrected chi connectivity index (χ2v) is 6.09. The van der Waals surface area contributed by atoms with Crippen LogP contribution in [0.25, 0.3) is 0 Å². The minimum Gasteiger partial charge on any atom is -0.339 e. The van der Waals surface area contributed by atoms with Gasteiger partial charge in [0.1, 0.15) is 10.3 Å². The number of aromatic nitrogens is 1. The van der Waals surface area contributed by atoms with Crippen molar-refractivity contribution in [3.05, 3.63) is 28.0 Å². The van der Waals surface area contributed by atoms with E-state index in [4.69, 9.17) is 23.2 Å². The number of hydrogen-bond acceptors (Lipinski definition) is 2. The Morgan fingerprint density at radius 2 is 1.95 bits per heavy atom. The molecule has 2 rings (SSSR count). The lowest BCUT2D eigenvalue weighted by Gasteiger charge is -2.34. The van der Waals surface area contributed by atoms with Crippen molar-refractivity contribution in [2.75, 3.05) is 13.1 Å². The zero-order chi connectivity index (χ0) is 14.0. The summed E-state index contributed by atoms with van der Waals surface area (Å²) in [5.74, 6) is 1.34. The molecule has 0 aromatic carbocycles. The Morgan fingerprint density at radius 3 is 2.47 bits per heavy atom. The van der Waals surface area contributed by atoms with Crippen LogP contribution in [0.3, 0.4) is 0 Å². The van der Waals surface area contributed by atoms with Gasteiger partial charge in [-0.2, -0.15) is 0 Å². The third-order valence-corrected chi connectivity index (χ3v) is 4.31. The molecule has 0 saturated carbocycles. The molecule has 0 atom stereocenters. The molecule has 0 spiro atoms. The number of carbonyl (C=O) groups is 1. The lowest BCUT2D eigenvalue weighted by atomic mass is 9.86. The molecule has 1 saturated heterocycles. The Morgan fingerprint density at radius 1 is 1.32 bits per heavy atom. The average Bonchev–Trinajstić information content (AvgIpc) is 2.38. The zero-order valence-electron chi connectivity index (χ0n) is 11.2. The molecule has 0 bridgehead atoms. The fourth-order valence-electron chi connectivity index (χ4n) is 2.51. The van der Waals surface area contributed by atoms with Gasteiger partial charge in [-0.05, 0) is 36.8 Å². The fraction of sp³-hybridized carbons (Fsp3) is 0.571. The third kappa shape index (κ3) is 3.40. The van der Waals surface area contributed by atoms with Crippen molar-refractivity contribution in [3.8, 4) is 0 Å². The van der Waals surface area contributed by atoms with E-state index in [2.05, 4.69) is 18.8 Å². The van der Waals surface area contributed by atoms with Gasteiger partial charge in [0, 0.05) is 13.1 Å². The number of carbonyl (C=O) groups excluding carboxylic acids is 1. The number of amides is 1. The van der Waals surface area contributed by atoms with E-state index in [1.54, 1.807) is 12.1 Å². The van der Waals surface area contributed by atoms with Gasteiger partial charge in [-0.25, -0.2) is 4.98 Å². The molecule has 19 heavy (non-hydrogen) atoms. The van der Waals surface area contributed by atoms with Gasteiger partial charge < -0.3 is 4.90 Å². The monoisotopic (exact) mass is 300 g/mol. The van der Waals surface area contributed by atoms with E-state index in [1.807, 2.05) is 4.90 Å². The molecule has 1 aliphatic heterocycles. The van der Waals surface area contributed by atoms with Crippen LogP contribution in [0.2, 0.25) is 10.3 Å². The summed E-state index contributed by atoms with van der Waals surface area (Å²) < 4.78 is 0. The Kier molecular flexibility index (Phi) is 4.69. The topological polar surface area (TPSA) is 33.2 Å². The van der Waals surface area contributed by atoms with E-state index in [0.717, 1.165) is 25.9 Å². The van der Waals surface area contributed by atoms with Crippen LogP contribution in [0.5, 0.6) is 0 Å². The number of piperidine rings is 1. The molecule has 2 heterocycles. The number of halogens is 2. The van der Waals surface area contributed by atoms with Crippen molar-refractivity contribution in [1.29, 1.82) is 0 Å². The van der Waals surface area contributed by atoms with Crippen LogP contribution >= 0.6 is 23.2 Å². The molecule has 0 radical (unpaired) electrons. The normalized spacial score (nSPS) is 17.0. The Balaban J connectivity index is 2.05. The summed E-state index contributed by atoms with van der Waals surface area (Å²) in [6.45, 7) is 6.06.